The van der Waals surface area contributed by atoms with E-state index in [1.54, 1.807) is 9.13 Å². The summed E-state index contributed by atoms with van der Waals surface area (Å²) in [7, 11) is 3.65. The minimum Gasteiger partial charge on any atom is -0.324 e. The van der Waals surface area contributed by atoms with E-state index in [1.165, 1.54) is 31.2 Å². The molecule has 0 saturated heterocycles. The number of benzene rings is 1. The lowest BCUT2D eigenvalue weighted by Crippen LogP contribution is -2.19. The summed E-state index contributed by atoms with van der Waals surface area (Å²) in [5.74, 6) is 2.36. The zero-order valence-electron chi connectivity index (χ0n) is 12.7. The van der Waals surface area contributed by atoms with E-state index in [9.17, 15) is 4.79 Å². The molecule has 3 unspecified atom stereocenters. The summed E-state index contributed by atoms with van der Waals surface area (Å²) in [5.41, 5.74) is 9.72. The van der Waals surface area contributed by atoms with E-state index in [4.69, 9.17) is 5.73 Å². The summed E-state index contributed by atoms with van der Waals surface area (Å²) in [4.78, 5) is 12.0. The number of imidazole rings is 1. The molecule has 2 fully saturated rings. The molecule has 1 heterocycles. The van der Waals surface area contributed by atoms with Crippen LogP contribution in [0.25, 0.3) is 11.0 Å². The van der Waals surface area contributed by atoms with Crippen molar-refractivity contribution in [2.45, 2.75) is 31.7 Å². The Hall–Kier alpha value is -1.55. The summed E-state index contributed by atoms with van der Waals surface area (Å²) in [6, 6.07) is 6.39. The number of hydrogen-bond acceptors (Lipinski definition) is 2. The summed E-state index contributed by atoms with van der Waals surface area (Å²) >= 11 is 0. The van der Waals surface area contributed by atoms with Crippen LogP contribution in [0.3, 0.4) is 0 Å². The molecule has 21 heavy (non-hydrogen) atoms. The van der Waals surface area contributed by atoms with Crippen molar-refractivity contribution in [1.29, 1.82) is 0 Å². The van der Waals surface area contributed by atoms with Gasteiger partial charge in [0.25, 0.3) is 0 Å². The number of hydrogen-bond donors (Lipinski definition) is 1. The van der Waals surface area contributed by atoms with Crippen LogP contribution in [0, 0.1) is 17.8 Å². The van der Waals surface area contributed by atoms with Crippen molar-refractivity contribution in [3.8, 4) is 0 Å². The average Bonchev–Trinajstić information content (AvgIpc) is 3.21. The molecule has 0 radical (unpaired) electrons. The fourth-order valence-electron chi connectivity index (χ4n) is 4.53. The highest BCUT2D eigenvalue weighted by Crippen LogP contribution is 2.59. The Balaban J connectivity index is 1.71. The highest BCUT2D eigenvalue weighted by molar-refractivity contribution is 5.77. The van der Waals surface area contributed by atoms with Gasteiger partial charge < -0.3 is 5.73 Å². The number of fused-ring (bicyclic) bond motifs is 2. The molecule has 112 valence electrons. The van der Waals surface area contributed by atoms with Crippen LogP contribution in [0.15, 0.2) is 23.0 Å². The third kappa shape index (κ3) is 1.81. The van der Waals surface area contributed by atoms with Crippen LogP contribution in [-0.2, 0) is 14.1 Å². The number of aromatic nitrogens is 2. The quantitative estimate of drug-likeness (QED) is 0.920. The summed E-state index contributed by atoms with van der Waals surface area (Å²) in [6.07, 6.45) is 5.46. The number of nitrogens with two attached hydrogens (primary N) is 1. The lowest BCUT2D eigenvalue weighted by molar-refractivity contribution is 0.480. The molecule has 4 heteroatoms. The van der Waals surface area contributed by atoms with E-state index in [0.29, 0.717) is 5.92 Å². The van der Waals surface area contributed by atoms with Crippen molar-refractivity contribution in [2.75, 3.05) is 0 Å². The number of rotatable bonds is 2. The fourth-order valence-corrected chi connectivity index (χ4v) is 4.53. The fraction of sp³-hybridized carbons (Fsp3) is 0.588. The molecule has 0 aliphatic heterocycles. The largest absolute Gasteiger partial charge is 0.328 e. The van der Waals surface area contributed by atoms with Crippen LogP contribution in [-0.4, -0.2) is 9.13 Å². The van der Waals surface area contributed by atoms with Crippen LogP contribution in [0.4, 0.5) is 0 Å². The molecule has 2 aliphatic carbocycles. The lowest BCUT2D eigenvalue weighted by Gasteiger charge is -2.12. The summed E-state index contributed by atoms with van der Waals surface area (Å²) in [5, 5.41) is 0. The third-order valence-corrected chi connectivity index (χ3v) is 5.82. The van der Waals surface area contributed by atoms with Gasteiger partial charge in [0, 0.05) is 20.1 Å². The minimum atomic E-state index is 0.0239. The van der Waals surface area contributed by atoms with Crippen molar-refractivity contribution in [3.05, 3.63) is 34.2 Å². The summed E-state index contributed by atoms with van der Waals surface area (Å²) in [6.45, 7) is 0. The maximum Gasteiger partial charge on any atom is 0.328 e. The maximum absolute atomic E-state index is 12.0. The Morgan fingerprint density at radius 2 is 1.71 bits per heavy atom. The molecular formula is C17H23N3O. The molecule has 0 amide bonds. The van der Waals surface area contributed by atoms with Gasteiger partial charge in [0.1, 0.15) is 0 Å². The normalized spacial score (nSPS) is 29.4. The molecule has 1 aromatic heterocycles. The SMILES string of the molecule is Cn1c(=O)n(C)c2cc(C(N)C3C4CCCCC43)ccc21. The molecule has 4 nitrogen and oxygen atoms in total. The van der Waals surface area contributed by atoms with E-state index >= 15 is 0 Å². The van der Waals surface area contributed by atoms with Crippen molar-refractivity contribution in [2.24, 2.45) is 37.6 Å². The highest BCUT2D eigenvalue weighted by Gasteiger charge is 2.53. The van der Waals surface area contributed by atoms with E-state index in [-0.39, 0.29) is 11.7 Å². The third-order valence-electron chi connectivity index (χ3n) is 5.82. The zero-order chi connectivity index (χ0) is 14.7. The minimum absolute atomic E-state index is 0.0239. The Morgan fingerprint density at radius 1 is 1.10 bits per heavy atom. The van der Waals surface area contributed by atoms with Crippen LogP contribution in [0.2, 0.25) is 0 Å². The maximum atomic E-state index is 12.0. The molecule has 2 aromatic rings. The predicted molar refractivity (Wildman–Crippen MR) is 84.0 cm³/mol. The molecule has 3 atom stereocenters. The van der Waals surface area contributed by atoms with E-state index in [0.717, 1.165) is 22.9 Å². The van der Waals surface area contributed by atoms with Gasteiger partial charge in [-0.2, -0.15) is 0 Å². The van der Waals surface area contributed by atoms with E-state index in [1.807, 2.05) is 20.2 Å². The smallest absolute Gasteiger partial charge is 0.324 e. The Bertz CT molecular complexity index is 745. The van der Waals surface area contributed by atoms with Crippen LogP contribution in [0.1, 0.15) is 37.3 Å². The first-order valence-corrected chi connectivity index (χ1v) is 8.00. The molecule has 2 N–H and O–H groups in total. The van der Waals surface area contributed by atoms with Crippen LogP contribution >= 0.6 is 0 Å². The zero-order valence-corrected chi connectivity index (χ0v) is 12.7. The second kappa shape index (κ2) is 4.47. The molecule has 4 rings (SSSR count). The Kier molecular flexibility index (Phi) is 2.80. The lowest BCUT2D eigenvalue weighted by atomic mass is 10.0. The topological polar surface area (TPSA) is 53.0 Å². The predicted octanol–water partition coefficient (Wildman–Crippen LogP) is 2.31. The standard InChI is InChI=1S/C17H23N3O/c1-19-13-8-7-10(9-14(13)20(2)17(19)21)16(18)15-11-5-3-4-6-12(11)15/h7-9,11-12,15-16H,3-6,18H2,1-2H3. The van der Waals surface area contributed by atoms with E-state index in [2.05, 4.69) is 12.1 Å². The van der Waals surface area contributed by atoms with Crippen LogP contribution < -0.4 is 11.4 Å². The second-order valence-corrected chi connectivity index (χ2v) is 6.86. The van der Waals surface area contributed by atoms with Crippen molar-refractivity contribution >= 4 is 11.0 Å². The molecular weight excluding hydrogens is 262 g/mol. The molecule has 1 aromatic carbocycles. The Labute approximate surface area is 124 Å². The van der Waals surface area contributed by atoms with Gasteiger partial charge in [-0.05, 0) is 48.3 Å². The van der Waals surface area contributed by atoms with Gasteiger partial charge in [0.15, 0.2) is 0 Å². The van der Waals surface area contributed by atoms with Gasteiger partial charge in [0.05, 0.1) is 11.0 Å². The van der Waals surface area contributed by atoms with E-state index < -0.39 is 0 Å². The first-order chi connectivity index (χ1) is 10.1. The van der Waals surface area contributed by atoms with Gasteiger partial charge in [0.2, 0.25) is 0 Å². The first-order valence-electron chi connectivity index (χ1n) is 8.00. The monoisotopic (exact) mass is 285 g/mol. The van der Waals surface area contributed by atoms with Crippen molar-refractivity contribution < 1.29 is 0 Å². The number of aryl methyl sites for hydroxylation is 2. The summed E-state index contributed by atoms with van der Waals surface area (Å²) < 4.78 is 3.41. The van der Waals surface area contributed by atoms with Crippen molar-refractivity contribution in [1.82, 2.24) is 9.13 Å². The molecule has 2 saturated carbocycles. The number of nitrogens with zero attached hydrogens (tertiary/aromatic N) is 2. The first kappa shape index (κ1) is 13.1. The van der Waals surface area contributed by atoms with Gasteiger partial charge in [-0.25, -0.2) is 4.79 Å². The second-order valence-electron chi connectivity index (χ2n) is 6.86. The average molecular weight is 285 g/mol. The van der Waals surface area contributed by atoms with Crippen molar-refractivity contribution in [3.63, 3.8) is 0 Å². The molecule has 2 aliphatic rings. The van der Waals surface area contributed by atoms with Gasteiger partial charge in [-0.3, -0.25) is 9.13 Å². The molecule has 0 spiro atoms. The van der Waals surface area contributed by atoms with Crippen LogP contribution in [0.5, 0.6) is 0 Å². The van der Waals surface area contributed by atoms with Gasteiger partial charge >= 0.3 is 5.69 Å². The van der Waals surface area contributed by atoms with Gasteiger partial charge in [-0.15, -0.1) is 0 Å². The van der Waals surface area contributed by atoms with Gasteiger partial charge in [-0.1, -0.05) is 18.9 Å². The Morgan fingerprint density at radius 3 is 2.38 bits per heavy atom. The highest BCUT2D eigenvalue weighted by atomic mass is 16.1. The molecule has 0 bridgehead atoms.